The second kappa shape index (κ2) is 6.62. The molecule has 2 N–H and O–H groups in total. The normalized spacial score (nSPS) is 10.6. The van der Waals surface area contributed by atoms with Crippen LogP contribution in [0.2, 0.25) is 0 Å². The maximum Gasteiger partial charge on any atom is 0.220 e. The van der Waals surface area contributed by atoms with Crippen LogP contribution in [0.4, 0.5) is 5.95 Å². The molecule has 0 bridgehead atoms. The van der Waals surface area contributed by atoms with Crippen molar-refractivity contribution in [1.82, 2.24) is 14.5 Å². The van der Waals surface area contributed by atoms with Gasteiger partial charge in [-0.1, -0.05) is 13.0 Å². The lowest BCUT2D eigenvalue weighted by Crippen LogP contribution is -1.95. The highest BCUT2D eigenvalue weighted by molar-refractivity contribution is 14.1. The molecule has 2 aromatic heterocycles. The van der Waals surface area contributed by atoms with Gasteiger partial charge in [0, 0.05) is 39.0 Å². The molecule has 0 unspecified atom stereocenters. The molecule has 0 radical (unpaired) electrons. The monoisotopic (exact) mass is 414 g/mol. The smallest absolute Gasteiger partial charge is 0.220 e. The summed E-state index contributed by atoms with van der Waals surface area (Å²) in [5.41, 5.74) is 8.92. The number of hydrogen-bond acceptors (Lipinski definition) is 3. The Balaban J connectivity index is 0.00000161. The topological polar surface area (TPSA) is 56.7 Å². The van der Waals surface area contributed by atoms with E-state index in [1.807, 2.05) is 6.07 Å². The van der Waals surface area contributed by atoms with Crippen LogP contribution in [0.3, 0.4) is 0 Å². The zero-order valence-electron chi connectivity index (χ0n) is 11.6. The second-order valence-corrected chi connectivity index (χ2v) is 5.94. The van der Waals surface area contributed by atoms with Crippen LogP contribution < -0.4 is 5.73 Å². The fraction of sp³-hybridized carbons (Fsp3) is 0.200. The van der Waals surface area contributed by atoms with E-state index in [0.717, 1.165) is 24.2 Å². The molecule has 110 valence electrons. The minimum atomic E-state index is 0. The molecule has 4 nitrogen and oxygen atoms in total. The zero-order valence-corrected chi connectivity index (χ0v) is 14.6. The standard InChI is InChI=1S/C15H15IN4.ClH/c1-2-7-20-9-12(13-5-6-18-15(17)19-13)11-4-3-10(16)8-14(11)20;/h3-6,8-9H,2,7H2,1H3,(H2,17,18,19);1H. The summed E-state index contributed by atoms with van der Waals surface area (Å²) in [4.78, 5) is 8.30. The molecule has 21 heavy (non-hydrogen) atoms. The van der Waals surface area contributed by atoms with Gasteiger partial charge >= 0.3 is 0 Å². The van der Waals surface area contributed by atoms with Crippen LogP contribution in [-0.4, -0.2) is 14.5 Å². The number of halogens is 2. The van der Waals surface area contributed by atoms with Crippen LogP contribution in [0, 0.1) is 3.57 Å². The van der Waals surface area contributed by atoms with E-state index in [2.05, 4.69) is 68.4 Å². The third-order valence-corrected chi connectivity index (χ3v) is 3.93. The predicted octanol–water partition coefficient (Wildman–Crippen LogP) is 4.12. The van der Waals surface area contributed by atoms with Crippen molar-refractivity contribution < 1.29 is 0 Å². The molecule has 0 saturated heterocycles. The van der Waals surface area contributed by atoms with Crippen LogP contribution in [0.1, 0.15) is 13.3 Å². The summed E-state index contributed by atoms with van der Waals surface area (Å²) >= 11 is 2.34. The van der Waals surface area contributed by atoms with E-state index in [9.17, 15) is 0 Å². The number of nitrogen functional groups attached to an aromatic ring is 1. The second-order valence-electron chi connectivity index (χ2n) is 4.70. The summed E-state index contributed by atoms with van der Waals surface area (Å²) in [6.45, 7) is 3.18. The van der Waals surface area contributed by atoms with Crippen LogP contribution in [0.15, 0.2) is 36.7 Å². The molecule has 0 aliphatic heterocycles. The van der Waals surface area contributed by atoms with Gasteiger partial charge < -0.3 is 10.3 Å². The summed E-state index contributed by atoms with van der Waals surface area (Å²) < 4.78 is 3.52. The lowest BCUT2D eigenvalue weighted by Gasteiger charge is -2.02. The van der Waals surface area contributed by atoms with Crippen LogP contribution in [0.25, 0.3) is 22.2 Å². The maximum atomic E-state index is 5.70. The highest BCUT2D eigenvalue weighted by atomic mass is 127. The Bertz CT molecular complexity index is 769. The van der Waals surface area contributed by atoms with E-state index in [-0.39, 0.29) is 12.4 Å². The molecule has 0 atom stereocenters. The first-order chi connectivity index (χ1) is 9.69. The number of aromatic nitrogens is 3. The van der Waals surface area contributed by atoms with Gasteiger partial charge in [-0.15, -0.1) is 12.4 Å². The van der Waals surface area contributed by atoms with E-state index in [1.54, 1.807) is 6.20 Å². The van der Waals surface area contributed by atoms with Crippen molar-refractivity contribution in [2.75, 3.05) is 5.73 Å². The molecule has 3 rings (SSSR count). The Hall–Kier alpha value is -1.34. The lowest BCUT2D eigenvalue weighted by molar-refractivity contribution is 0.704. The van der Waals surface area contributed by atoms with Gasteiger partial charge in [-0.05, 0) is 47.2 Å². The molecule has 0 aliphatic rings. The third-order valence-electron chi connectivity index (χ3n) is 3.26. The van der Waals surface area contributed by atoms with E-state index >= 15 is 0 Å². The molecule has 2 heterocycles. The van der Waals surface area contributed by atoms with Gasteiger partial charge in [-0.3, -0.25) is 0 Å². The van der Waals surface area contributed by atoms with Crippen molar-refractivity contribution in [3.8, 4) is 11.3 Å². The Labute approximate surface area is 143 Å². The molecule has 3 aromatic rings. The number of anilines is 1. The van der Waals surface area contributed by atoms with Gasteiger partial charge in [0.05, 0.1) is 5.69 Å². The summed E-state index contributed by atoms with van der Waals surface area (Å²) in [5, 5.41) is 1.21. The van der Waals surface area contributed by atoms with E-state index in [0.29, 0.717) is 5.95 Å². The van der Waals surface area contributed by atoms with Gasteiger partial charge in [0.2, 0.25) is 5.95 Å². The Morgan fingerprint density at radius 2 is 2.10 bits per heavy atom. The van der Waals surface area contributed by atoms with E-state index in [1.165, 1.54) is 14.5 Å². The van der Waals surface area contributed by atoms with Gasteiger partial charge in [0.15, 0.2) is 0 Å². The quantitative estimate of drug-likeness (QED) is 0.656. The zero-order chi connectivity index (χ0) is 14.1. The van der Waals surface area contributed by atoms with Gasteiger partial charge in [0.25, 0.3) is 0 Å². The van der Waals surface area contributed by atoms with Crippen molar-refractivity contribution >= 4 is 51.8 Å². The minimum absolute atomic E-state index is 0. The predicted molar refractivity (Wildman–Crippen MR) is 97.6 cm³/mol. The summed E-state index contributed by atoms with van der Waals surface area (Å²) in [6, 6.07) is 8.38. The number of fused-ring (bicyclic) bond motifs is 1. The Morgan fingerprint density at radius 1 is 1.29 bits per heavy atom. The van der Waals surface area contributed by atoms with Crippen LogP contribution in [0.5, 0.6) is 0 Å². The first kappa shape index (κ1) is 16.0. The number of rotatable bonds is 3. The van der Waals surface area contributed by atoms with Crippen molar-refractivity contribution in [1.29, 1.82) is 0 Å². The number of aryl methyl sites for hydroxylation is 1. The van der Waals surface area contributed by atoms with Crippen molar-refractivity contribution in [2.45, 2.75) is 19.9 Å². The average Bonchev–Trinajstić information content (AvgIpc) is 2.78. The van der Waals surface area contributed by atoms with Gasteiger partial charge in [-0.25, -0.2) is 9.97 Å². The molecule has 0 spiro atoms. The lowest BCUT2D eigenvalue weighted by atomic mass is 10.1. The van der Waals surface area contributed by atoms with Crippen molar-refractivity contribution in [2.24, 2.45) is 0 Å². The summed E-state index contributed by atoms with van der Waals surface area (Å²) in [6.07, 6.45) is 4.96. The number of nitrogens with two attached hydrogens (primary N) is 1. The molecule has 0 amide bonds. The first-order valence-electron chi connectivity index (χ1n) is 6.56. The molecule has 0 saturated carbocycles. The number of benzene rings is 1. The largest absolute Gasteiger partial charge is 0.368 e. The average molecular weight is 415 g/mol. The van der Waals surface area contributed by atoms with Gasteiger partial charge in [0.1, 0.15) is 0 Å². The highest BCUT2D eigenvalue weighted by Crippen LogP contribution is 2.30. The van der Waals surface area contributed by atoms with E-state index < -0.39 is 0 Å². The summed E-state index contributed by atoms with van der Waals surface area (Å²) in [5.74, 6) is 0.310. The third kappa shape index (κ3) is 3.13. The SMILES string of the molecule is CCCn1cc(-c2ccnc(N)n2)c2ccc(I)cc21.Cl. The van der Waals surface area contributed by atoms with Gasteiger partial charge in [-0.2, -0.15) is 0 Å². The van der Waals surface area contributed by atoms with Crippen LogP contribution in [-0.2, 0) is 6.54 Å². The van der Waals surface area contributed by atoms with E-state index in [4.69, 9.17) is 5.73 Å². The van der Waals surface area contributed by atoms with Crippen LogP contribution >= 0.6 is 35.0 Å². The van der Waals surface area contributed by atoms with Crippen molar-refractivity contribution in [3.63, 3.8) is 0 Å². The Morgan fingerprint density at radius 3 is 2.81 bits per heavy atom. The fourth-order valence-electron chi connectivity index (χ4n) is 2.42. The van der Waals surface area contributed by atoms with Crippen molar-refractivity contribution in [3.05, 3.63) is 40.2 Å². The molecule has 0 aliphatic carbocycles. The fourth-order valence-corrected chi connectivity index (χ4v) is 2.89. The summed E-state index contributed by atoms with van der Waals surface area (Å²) in [7, 11) is 0. The molecular weight excluding hydrogens is 399 g/mol. The Kier molecular flexibility index (Phi) is 5.05. The number of hydrogen-bond donors (Lipinski definition) is 1. The molecule has 6 heteroatoms. The molecule has 1 aromatic carbocycles. The number of nitrogens with zero attached hydrogens (tertiary/aromatic N) is 3. The maximum absolute atomic E-state index is 5.70. The highest BCUT2D eigenvalue weighted by Gasteiger charge is 2.11. The minimum Gasteiger partial charge on any atom is -0.368 e. The first-order valence-corrected chi connectivity index (χ1v) is 7.64. The molecule has 0 fully saturated rings. The molecular formula is C15H16ClIN4.